The van der Waals surface area contributed by atoms with Gasteiger partial charge in [0.2, 0.25) is 0 Å². The van der Waals surface area contributed by atoms with Gasteiger partial charge in [0, 0.05) is 0 Å². The predicted octanol–water partition coefficient (Wildman–Crippen LogP) is 3.92. The van der Waals surface area contributed by atoms with Gasteiger partial charge in [-0.1, -0.05) is 0 Å². The third-order valence-electron chi connectivity index (χ3n) is 2.07. The number of hydrogen-bond donors (Lipinski definition) is 0. The Kier molecular flexibility index (Phi) is 5.12. The Labute approximate surface area is 115 Å². The van der Waals surface area contributed by atoms with Crippen molar-refractivity contribution < 1.29 is 53.4 Å². The number of rotatable bonds is 6. The van der Waals surface area contributed by atoms with Crippen LogP contribution in [0.4, 0.5) is 43.9 Å². The lowest BCUT2D eigenvalue weighted by atomic mass is 9.98. The van der Waals surface area contributed by atoms with Crippen molar-refractivity contribution in [3.63, 3.8) is 0 Å². The molecule has 0 bridgehead atoms. The van der Waals surface area contributed by atoms with Crippen molar-refractivity contribution in [3.8, 4) is 0 Å². The molecule has 0 unspecified atom stereocenters. The van der Waals surface area contributed by atoms with Crippen molar-refractivity contribution in [3.05, 3.63) is 0 Å². The quantitative estimate of drug-likeness (QED) is 0.409. The summed E-state index contributed by atoms with van der Waals surface area (Å²) in [5, 5.41) is -6.29. The van der Waals surface area contributed by atoms with Crippen LogP contribution in [0.25, 0.3) is 0 Å². The molecule has 2 nitrogen and oxygen atoms in total. The van der Waals surface area contributed by atoms with Crippen molar-refractivity contribution in [1.29, 1.82) is 0 Å². The lowest BCUT2D eigenvalue weighted by molar-refractivity contribution is -0.384. The Morgan fingerprint density at radius 3 is 1.52 bits per heavy atom. The molecule has 0 N–H and O–H groups in total. The number of hydrogen-bond acceptors (Lipinski definition) is 2. The van der Waals surface area contributed by atoms with Crippen molar-refractivity contribution in [2.45, 2.75) is 36.0 Å². The van der Waals surface area contributed by atoms with Crippen LogP contribution in [0.2, 0.25) is 0 Å². The van der Waals surface area contributed by atoms with Gasteiger partial charge in [0.15, 0.2) is 0 Å². The molecule has 13 heteroatoms. The standard InChI is InChI=1S/C8H5ClF10O2/c1-2-21-3(20)4(10,11)5(12,13)6(14,15)7(16,17)8(9,18)19/h2H2,1H3. The van der Waals surface area contributed by atoms with E-state index in [-0.39, 0.29) is 0 Å². The van der Waals surface area contributed by atoms with Crippen LogP contribution < -0.4 is 0 Å². The maximum Gasteiger partial charge on any atom is 0.410 e. The monoisotopic (exact) mass is 358 g/mol. The molecule has 0 rings (SSSR count). The van der Waals surface area contributed by atoms with E-state index >= 15 is 0 Å². The van der Waals surface area contributed by atoms with Crippen molar-refractivity contribution in [1.82, 2.24) is 0 Å². The van der Waals surface area contributed by atoms with Gasteiger partial charge in [-0.2, -0.15) is 43.9 Å². The highest BCUT2D eigenvalue weighted by Gasteiger charge is 2.88. The average Bonchev–Trinajstić information content (AvgIpc) is 2.26. The van der Waals surface area contributed by atoms with Gasteiger partial charge in [-0.05, 0) is 18.5 Å². The normalized spacial score (nSPS) is 15.0. The molecule has 21 heavy (non-hydrogen) atoms. The molecule has 0 aliphatic heterocycles. The third-order valence-corrected chi connectivity index (χ3v) is 2.31. The molecule has 0 radical (unpaired) electrons. The number of carbonyl (C=O) groups excluding carboxylic acids is 1. The fourth-order valence-electron chi connectivity index (χ4n) is 0.922. The highest BCUT2D eigenvalue weighted by atomic mass is 35.5. The minimum Gasteiger partial charge on any atom is -0.461 e. The molecular weight excluding hydrogens is 354 g/mol. The van der Waals surface area contributed by atoms with Crippen LogP contribution in [0.15, 0.2) is 0 Å². The van der Waals surface area contributed by atoms with Crippen LogP contribution in [0.1, 0.15) is 6.92 Å². The number of esters is 1. The van der Waals surface area contributed by atoms with Crippen molar-refractivity contribution in [2.75, 3.05) is 6.61 Å². The first-order chi connectivity index (χ1) is 8.98. The highest BCUT2D eigenvalue weighted by Crippen LogP contribution is 2.58. The number of halogens is 11. The van der Waals surface area contributed by atoms with Crippen LogP contribution in [0.5, 0.6) is 0 Å². The van der Waals surface area contributed by atoms with Gasteiger partial charge in [-0.15, -0.1) is 0 Å². The van der Waals surface area contributed by atoms with Crippen molar-refractivity contribution in [2.24, 2.45) is 0 Å². The molecule has 0 saturated heterocycles. The zero-order valence-electron chi connectivity index (χ0n) is 9.68. The summed E-state index contributed by atoms with van der Waals surface area (Å²) >= 11 is 3.55. The van der Waals surface area contributed by atoms with E-state index in [0.29, 0.717) is 0 Å². The molecule has 0 heterocycles. The highest BCUT2D eigenvalue weighted by molar-refractivity contribution is 6.22. The van der Waals surface area contributed by atoms with E-state index in [1.54, 1.807) is 0 Å². The van der Waals surface area contributed by atoms with Crippen LogP contribution in [0.3, 0.4) is 0 Å². The lowest BCUT2D eigenvalue weighted by Crippen LogP contribution is -2.68. The van der Waals surface area contributed by atoms with Crippen LogP contribution >= 0.6 is 11.6 Å². The van der Waals surface area contributed by atoms with Gasteiger partial charge in [-0.25, -0.2) is 4.79 Å². The summed E-state index contributed by atoms with van der Waals surface area (Å²) in [6.07, 6.45) is 0. The topological polar surface area (TPSA) is 26.3 Å². The van der Waals surface area contributed by atoms with Gasteiger partial charge >= 0.3 is 35.0 Å². The summed E-state index contributed by atoms with van der Waals surface area (Å²) < 4.78 is 130. The average molecular weight is 359 g/mol. The van der Waals surface area contributed by atoms with Gasteiger partial charge in [0.1, 0.15) is 0 Å². The Morgan fingerprint density at radius 2 is 1.24 bits per heavy atom. The van der Waals surface area contributed by atoms with Gasteiger partial charge in [0.25, 0.3) is 0 Å². The van der Waals surface area contributed by atoms with Crippen LogP contribution in [-0.2, 0) is 9.53 Å². The molecule has 0 aliphatic rings. The van der Waals surface area contributed by atoms with E-state index in [2.05, 4.69) is 16.3 Å². The molecule has 0 atom stereocenters. The minimum absolute atomic E-state index is 0.811. The molecule has 0 aromatic carbocycles. The Morgan fingerprint density at radius 1 is 0.857 bits per heavy atom. The molecule has 0 aliphatic carbocycles. The second kappa shape index (κ2) is 5.36. The zero-order valence-corrected chi connectivity index (χ0v) is 10.4. The maximum absolute atomic E-state index is 12.9. The summed E-state index contributed by atoms with van der Waals surface area (Å²) in [7, 11) is 0. The van der Waals surface area contributed by atoms with Gasteiger partial charge in [-0.3, -0.25) is 0 Å². The maximum atomic E-state index is 12.9. The number of alkyl halides is 11. The molecule has 0 amide bonds. The lowest BCUT2D eigenvalue weighted by Gasteiger charge is -2.36. The number of ether oxygens (including phenoxy) is 1. The summed E-state index contributed by atoms with van der Waals surface area (Å²) in [5.41, 5.74) is 0. The van der Waals surface area contributed by atoms with E-state index in [0.717, 1.165) is 6.92 Å². The smallest absolute Gasteiger partial charge is 0.410 e. The fraction of sp³-hybridized carbons (Fsp3) is 0.875. The van der Waals surface area contributed by atoms with Crippen molar-refractivity contribution >= 4 is 17.6 Å². The van der Waals surface area contributed by atoms with Gasteiger partial charge in [0.05, 0.1) is 6.61 Å². The number of carbonyl (C=O) groups is 1. The van der Waals surface area contributed by atoms with Crippen LogP contribution in [0, 0.1) is 0 Å². The van der Waals surface area contributed by atoms with E-state index in [1.165, 1.54) is 0 Å². The predicted molar refractivity (Wildman–Crippen MR) is 47.2 cm³/mol. The first-order valence-electron chi connectivity index (χ1n) is 4.73. The zero-order chi connectivity index (χ0) is 17.5. The minimum atomic E-state index is -7.36. The second-order valence-corrected chi connectivity index (χ2v) is 3.99. The molecule has 0 spiro atoms. The van der Waals surface area contributed by atoms with Gasteiger partial charge < -0.3 is 4.74 Å². The molecule has 126 valence electrons. The summed E-state index contributed by atoms with van der Waals surface area (Å²) in [4.78, 5) is 10.5. The third kappa shape index (κ3) is 2.86. The Hall–Kier alpha value is -0.940. The summed E-state index contributed by atoms with van der Waals surface area (Å²) in [6, 6.07) is 0. The second-order valence-electron chi connectivity index (χ2n) is 3.52. The Balaban J connectivity index is 5.94. The van der Waals surface area contributed by atoms with E-state index in [9.17, 15) is 48.7 Å². The first-order valence-corrected chi connectivity index (χ1v) is 5.11. The Bertz CT molecular complexity index is 402. The molecule has 0 saturated carbocycles. The molecule has 0 aromatic rings. The fourth-order valence-corrected chi connectivity index (χ4v) is 1.04. The largest absolute Gasteiger partial charge is 0.461 e. The van der Waals surface area contributed by atoms with E-state index in [1.807, 2.05) is 0 Å². The van der Waals surface area contributed by atoms with E-state index < -0.39 is 41.6 Å². The summed E-state index contributed by atoms with van der Waals surface area (Å²) in [6.45, 7) is -0.177. The first kappa shape index (κ1) is 20.1. The SMILES string of the molecule is CCOC(=O)C(F)(F)C(F)(F)C(F)(F)C(F)(F)C(F)(F)Cl. The molecular formula is C8H5ClF10O2. The molecule has 0 aromatic heterocycles. The summed E-state index contributed by atoms with van der Waals surface area (Å²) in [5.74, 6) is -31.4. The molecule has 0 fully saturated rings. The van der Waals surface area contributed by atoms with Crippen LogP contribution in [-0.4, -0.2) is 41.6 Å². The van der Waals surface area contributed by atoms with E-state index in [4.69, 9.17) is 0 Å².